The Labute approximate surface area is 160 Å². The van der Waals surface area contributed by atoms with Gasteiger partial charge in [-0.25, -0.2) is 0 Å². The van der Waals surface area contributed by atoms with E-state index < -0.39 is 23.5 Å². The Morgan fingerprint density at radius 1 is 0.769 bits per heavy atom. The van der Waals surface area contributed by atoms with Crippen molar-refractivity contribution in [3.63, 3.8) is 0 Å². The van der Waals surface area contributed by atoms with Crippen LogP contribution in [-0.2, 0) is 12.4 Å². The second-order valence-corrected chi connectivity index (χ2v) is 8.35. The highest BCUT2D eigenvalue weighted by molar-refractivity contribution is 8.16. The minimum atomic E-state index is -4.84. The van der Waals surface area contributed by atoms with Crippen LogP contribution in [0.2, 0.25) is 5.02 Å². The molecule has 0 spiro atoms. The number of halogens is 7. The average Bonchev–Trinajstić information content (AvgIpc) is 2.50. The van der Waals surface area contributed by atoms with Gasteiger partial charge >= 0.3 is 12.4 Å². The molecule has 0 aromatic heterocycles. The molecule has 0 N–H and O–H groups in total. The summed E-state index contributed by atoms with van der Waals surface area (Å²) < 4.78 is 77.2. The van der Waals surface area contributed by atoms with E-state index >= 15 is 0 Å². The first kappa shape index (κ1) is 21.3. The van der Waals surface area contributed by atoms with E-state index in [4.69, 9.17) is 11.6 Å². The minimum absolute atomic E-state index is 0.0806. The lowest BCUT2D eigenvalue weighted by molar-refractivity contribution is -0.143. The molecule has 26 heavy (non-hydrogen) atoms. The Balaban J connectivity index is 2.20. The van der Waals surface area contributed by atoms with Gasteiger partial charge in [0.2, 0.25) is 0 Å². The molecule has 0 nitrogen and oxygen atoms in total. The summed E-state index contributed by atoms with van der Waals surface area (Å²) in [7, 11) is 0. The number of benzene rings is 2. The quantitative estimate of drug-likeness (QED) is 0.275. The number of alkyl halides is 6. The molecule has 0 aliphatic rings. The largest absolute Gasteiger partial charge is 0.416 e. The standard InChI is InChI=1S/C17H13ClF6S2/c1-9-4-15(10(2)3-14(9)18)26-8-25-13-6-11(16(19,20)21)5-12(7-13)17(22,23)24/h3-7H,8H2,1-2H3. The van der Waals surface area contributed by atoms with Gasteiger partial charge in [0.05, 0.1) is 11.1 Å². The number of aryl methyl sites for hydroxylation is 2. The minimum Gasteiger partial charge on any atom is -0.166 e. The maximum absolute atomic E-state index is 12.9. The normalized spacial score (nSPS) is 12.5. The van der Waals surface area contributed by atoms with E-state index in [0.29, 0.717) is 5.02 Å². The second-order valence-electron chi connectivity index (χ2n) is 5.51. The van der Waals surface area contributed by atoms with Crippen molar-refractivity contribution in [2.75, 3.05) is 5.08 Å². The third-order valence-electron chi connectivity index (χ3n) is 3.46. The highest BCUT2D eigenvalue weighted by atomic mass is 35.5. The summed E-state index contributed by atoms with van der Waals surface area (Å²) in [5, 5.41) is 0.868. The highest BCUT2D eigenvalue weighted by Crippen LogP contribution is 2.40. The molecule has 2 aromatic rings. The SMILES string of the molecule is Cc1cc(SCSc2cc(C(F)(F)F)cc(C(F)(F)F)c2)c(C)cc1Cl. The van der Waals surface area contributed by atoms with Crippen molar-refractivity contribution >= 4 is 35.1 Å². The lowest BCUT2D eigenvalue weighted by atomic mass is 10.1. The number of hydrogen-bond acceptors (Lipinski definition) is 2. The van der Waals surface area contributed by atoms with Crippen LogP contribution in [0, 0.1) is 13.8 Å². The van der Waals surface area contributed by atoms with Crippen molar-refractivity contribution < 1.29 is 26.3 Å². The zero-order valence-electron chi connectivity index (χ0n) is 13.6. The van der Waals surface area contributed by atoms with Crippen molar-refractivity contribution in [1.29, 1.82) is 0 Å². The summed E-state index contributed by atoms with van der Waals surface area (Å²) in [5.41, 5.74) is -0.869. The van der Waals surface area contributed by atoms with Gasteiger partial charge in [-0.3, -0.25) is 0 Å². The fourth-order valence-corrected chi connectivity index (χ4v) is 4.55. The van der Waals surface area contributed by atoms with E-state index in [1.807, 2.05) is 19.9 Å². The van der Waals surface area contributed by atoms with E-state index in [1.165, 1.54) is 11.8 Å². The smallest absolute Gasteiger partial charge is 0.166 e. The molecule has 0 fully saturated rings. The molecule has 0 aliphatic carbocycles. The fourth-order valence-electron chi connectivity index (χ4n) is 2.08. The molecule has 142 valence electrons. The first-order chi connectivity index (χ1) is 11.9. The van der Waals surface area contributed by atoms with Gasteiger partial charge < -0.3 is 0 Å². The summed E-state index contributed by atoms with van der Waals surface area (Å²) in [4.78, 5) is 0.797. The molecule has 0 radical (unpaired) electrons. The Morgan fingerprint density at radius 3 is 1.81 bits per heavy atom. The first-order valence-electron chi connectivity index (χ1n) is 7.20. The molecule has 0 heterocycles. The number of hydrogen-bond donors (Lipinski definition) is 0. The van der Waals surface area contributed by atoms with Gasteiger partial charge in [0, 0.05) is 19.9 Å². The average molecular weight is 431 g/mol. The second kappa shape index (κ2) is 7.94. The topological polar surface area (TPSA) is 0 Å². The third kappa shape index (κ3) is 5.50. The van der Waals surface area contributed by atoms with E-state index in [9.17, 15) is 26.3 Å². The maximum Gasteiger partial charge on any atom is 0.416 e. The summed E-state index contributed by atoms with van der Waals surface area (Å²) in [6.45, 7) is 3.66. The Morgan fingerprint density at radius 2 is 1.31 bits per heavy atom. The number of thioether (sulfide) groups is 2. The van der Waals surface area contributed by atoms with Gasteiger partial charge in [0.15, 0.2) is 0 Å². The van der Waals surface area contributed by atoms with Crippen LogP contribution in [0.25, 0.3) is 0 Å². The van der Waals surface area contributed by atoms with Gasteiger partial charge in [-0.05, 0) is 55.3 Å². The zero-order valence-corrected chi connectivity index (χ0v) is 15.9. The lowest BCUT2D eigenvalue weighted by Crippen LogP contribution is -2.10. The van der Waals surface area contributed by atoms with Gasteiger partial charge in [-0.1, -0.05) is 11.6 Å². The number of rotatable bonds is 4. The Kier molecular flexibility index (Phi) is 6.51. The Hall–Kier alpha value is -0.990. The fraction of sp³-hybridized carbons (Fsp3) is 0.294. The summed E-state index contributed by atoms with van der Waals surface area (Å²) in [6, 6.07) is 5.22. The van der Waals surface area contributed by atoms with Crippen molar-refractivity contribution in [2.24, 2.45) is 0 Å². The van der Waals surface area contributed by atoms with Crippen molar-refractivity contribution in [3.05, 3.63) is 57.6 Å². The van der Waals surface area contributed by atoms with E-state index in [2.05, 4.69) is 0 Å². The monoisotopic (exact) mass is 430 g/mol. The molecule has 0 atom stereocenters. The van der Waals surface area contributed by atoms with E-state index in [1.54, 1.807) is 6.07 Å². The van der Waals surface area contributed by atoms with Crippen molar-refractivity contribution in [3.8, 4) is 0 Å². The molecule has 0 aliphatic heterocycles. The van der Waals surface area contributed by atoms with E-state index in [-0.39, 0.29) is 16.0 Å². The predicted molar refractivity (Wildman–Crippen MR) is 94.0 cm³/mol. The molecule has 2 rings (SSSR count). The van der Waals surface area contributed by atoms with Gasteiger partial charge in [0.1, 0.15) is 0 Å². The zero-order chi connectivity index (χ0) is 19.7. The van der Waals surface area contributed by atoms with Crippen LogP contribution in [0.5, 0.6) is 0 Å². The highest BCUT2D eigenvalue weighted by Gasteiger charge is 2.36. The first-order valence-corrected chi connectivity index (χ1v) is 9.54. The molecule has 0 unspecified atom stereocenters. The summed E-state index contributed by atoms with van der Waals surface area (Å²) in [5.74, 6) is 0. The molecular formula is C17H13ClF6S2. The van der Waals surface area contributed by atoms with Crippen LogP contribution in [0.15, 0.2) is 40.1 Å². The lowest BCUT2D eigenvalue weighted by Gasteiger charge is -2.14. The molecular weight excluding hydrogens is 418 g/mol. The van der Waals surface area contributed by atoms with Crippen molar-refractivity contribution in [1.82, 2.24) is 0 Å². The summed E-state index contributed by atoms with van der Waals surface area (Å²) >= 11 is 8.27. The van der Waals surface area contributed by atoms with Crippen LogP contribution in [0.3, 0.4) is 0 Å². The Bertz CT molecular complexity index is 767. The maximum atomic E-state index is 12.9. The van der Waals surface area contributed by atoms with Crippen LogP contribution in [-0.4, -0.2) is 5.08 Å². The van der Waals surface area contributed by atoms with Gasteiger partial charge in [0.25, 0.3) is 0 Å². The van der Waals surface area contributed by atoms with Crippen molar-refractivity contribution in [2.45, 2.75) is 36.0 Å². The van der Waals surface area contributed by atoms with Gasteiger partial charge in [-0.2, -0.15) is 26.3 Å². The van der Waals surface area contributed by atoms with Gasteiger partial charge in [-0.15, -0.1) is 23.5 Å². The third-order valence-corrected chi connectivity index (χ3v) is 6.13. The van der Waals surface area contributed by atoms with Crippen LogP contribution >= 0.6 is 35.1 Å². The molecule has 0 bridgehead atoms. The molecule has 0 amide bonds. The molecule has 0 saturated heterocycles. The summed E-state index contributed by atoms with van der Waals surface area (Å²) in [6.07, 6.45) is -9.68. The molecule has 0 saturated carbocycles. The van der Waals surface area contributed by atoms with Crippen LogP contribution < -0.4 is 0 Å². The van der Waals surface area contributed by atoms with Crippen LogP contribution in [0.1, 0.15) is 22.3 Å². The molecule has 2 aromatic carbocycles. The van der Waals surface area contributed by atoms with E-state index in [0.717, 1.165) is 39.9 Å². The molecule has 9 heteroatoms. The van der Waals surface area contributed by atoms with Crippen LogP contribution in [0.4, 0.5) is 26.3 Å². The predicted octanol–water partition coefficient (Wildman–Crippen LogP) is 7.84.